The van der Waals surface area contributed by atoms with Gasteiger partial charge in [0.05, 0.1) is 26.0 Å². The average Bonchev–Trinajstić information content (AvgIpc) is 2.83. The van der Waals surface area contributed by atoms with Crippen molar-refractivity contribution in [2.24, 2.45) is 4.99 Å². The van der Waals surface area contributed by atoms with Gasteiger partial charge in [-0.15, -0.1) is 0 Å². The van der Waals surface area contributed by atoms with Crippen molar-refractivity contribution in [1.29, 1.82) is 0 Å². The lowest BCUT2D eigenvalue weighted by Crippen LogP contribution is -1.97. The van der Waals surface area contributed by atoms with Gasteiger partial charge in [-0.05, 0) is 35.9 Å². The van der Waals surface area contributed by atoms with Crippen LogP contribution in [0.25, 0.3) is 0 Å². The van der Waals surface area contributed by atoms with Gasteiger partial charge in [0.2, 0.25) is 0 Å². The van der Waals surface area contributed by atoms with Crippen LogP contribution in [-0.2, 0) is 6.54 Å². The van der Waals surface area contributed by atoms with Crippen molar-refractivity contribution < 1.29 is 13.9 Å². The van der Waals surface area contributed by atoms with Crippen LogP contribution in [0.1, 0.15) is 17.7 Å². The third-order valence-electron chi connectivity index (χ3n) is 2.84. The van der Waals surface area contributed by atoms with E-state index >= 15 is 0 Å². The molecule has 3 rings (SSSR count). The molecule has 1 aliphatic rings. The minimum atomic E-state index is 0.543. The molecule has 0 radical (unpaired) electrons. The second kappa shape index (κ2) is 5.61. The number of benzene rings is 1. The SMILES string of the molecule is C(=NCc1ccco1)c1ccc2c(c1)OCCCO2. The summed E-state index contributed by atoms with van der Waals surface area (Å²) in [5.41, 5.74) is 0.996. The summed E-state index contributed by atoms with van der Waals surface area (Å²) in [5, 5.41) is 0. The average molecular weight is 257 g/mol. The summed E-state index contributed by atoms with van der Waals surface area (Å²) in [7, 11) is 0. The first-order valence-electron chi connectivity index (χ1n) is 6.34. The molecule has 0 amide bonds. The number of nitrogens with zero attached hydrogens (tertiary/aromatic N) is 1. The lowest BCUT2D eigenvalue weighted by molar-refractivity contribution is 0.297. The predicted molar refractivity (Wildman–Crippen MR) is 72.1 cm³/mol. The molecule has 0 N–H and O–H groups in total. The molecule has 0 atom stereocenters. The van der Waals surface area contributed by atoms with Crippen LogP contribution in [0.2, 0.25) is 0 Å². The topological polar surface area (TPSA) is 44.0 Å². The first kappa shape index (κ1) is 11.8. The Hall–Kier alpha value is -2.23. The van der Waals surface area contributed by atoms with Gasteiger partial charge in [-0.25, -0.2) is 0 Å². The van der Waals surface area contributed by atoms with E-state index in [1.165, 1.54) is 0 Å². The Balaban J connectivity index is 1.71. The first-order chi connectivity index (χ1) is 9.42. The Morgan fingerprint density at radius 2 is 2.00 bits per heavy atom. The van der Waals surface area contributed by atoms with Gasteiger partial charge in [0, 0.05) is 12.6 Å². The smallest absolute Gasteiger partial charge is 0.161 e. The maximum atomic E-state index is 5.64. The second-order valence-corrected chi connectivity index (χ2v) is 4.31. The normalized spacial score (nSPS) is 14.5. The number of rotatable bonds is 3. The van der Waals surface area contributed by atoms with Crippen LogP contribution >= 0.6 is 0 Å². The van der Waals surface area contributed by atoms with Gasteiger partial charge in [-0.1, -0.05) is 0 Å². The monoisotopic (exact) mass is 257 g/mol. The lowest BCUT2D eigenvalue weighted by Gasteiger charge is -2.07. The number of hydrogen-bond donors (Lipinski definition) is 0. The van der Waals surface area contributed by atoms with Gasteiger partial charge < -0.3 is 13.9 Å². The molecular formula is C15H15NO3. The second-order valence-electron chi connectivity index (χ2n) is 4.31. The lowest BCUT2D eigenvalue weighted by atomic mass is 10.2. The molecule has 0 saturated heterocycles. The van der Waals surface area contributed by atoms with Gasteiger partial charge in [0.1, 0.15) is 5.76 Å². The summed E-state index contributed by atoms with van der Waals surface area (Å²) in [6.07, 6.45) is 4.38. The van der Waals surface area contributed by atoms with Crippen LogP contribution in [0.15, 0.2) is 46.0 Å². The Labute approximate surface area is 111 Å². The quantitative estimate of drug-likeness (QED) is 0.794. The molecule has 2 heterocycles. The Kier molecular flexibility index (Phi) is 3.49. The molecule has 1 aliphatic heterocycles. The predicted octanol–water partition coefficient (Wildman–Crippen LogP) is 3.06. The molecule has 0 spiro atoms. The summed E-state index contributed by atoms with van der Waals surface area (Å²) in [5.74, 6) is 2.45. The van der Waals surface area contributed by atoms with Crippen LogP contribution < -0.4 is 9.47 Å². The van der Waals surface area contributed by atoms with Gasteiger partial charge in [0.15, 0.2) is 11.5 Å². The third-order valence-corrected chi connectivity index (χ3v) is 2.84. The largest absolute Gasteiger partial charge is 0.490 e. The van der Waals surface area contributed by atoms with Crippen molar-refractivity contribution in [2.45, 2.75) is 13.0 Å². The Morgan fingerprint density at radius 3 is 2.84 bits per heavy atom. The third kappa shape index (κ3) is 2.96. The van der Waals surface area contributed by atoms with Crippen LogP contribution in [0, 0.1) is 0 Å². The van der Waals surface area contributed by atoms with Crippen molar-refractivity contribution >= 4 is 6.21 Å². The van der Waals surface area contributed by atoms with Crippen molar-refractivity contribution in [1.82, 2.24) is 0 Å². The molecule has 1 aromatic carbocycles. The number of aliphatic imine (C=N–C) groups is 1. The van der Waals surface area contributed by atoms with E-state index in [0.29, 0.717) is 19.8 Å². The molecule has 4 nitrogen and oxygen atoms in total. The number of hydrogen-bond acceptors (Lipinski definition) is 4. The zero-order valence-corrected chi connectivity index (χ0v) is 10.5. The van der Waals surface area contributed by atoms with E-state index in [1.54, 1.807) is 6.26 Å². The maximum absolute atomic E-state index is 5.64. The molecule has 0 unspecified atom stereocenters. The van der Waals surface area contributed by atoms with E-state index in [1.807, 2.05) is 36.5 Å². The van der Waals surface area contributed by atoms with E-state index in [-0.39, 0.29) is 0 Å². The molecule has 0 saturated carbocycles. The highest BCUT2D eigenvalue weighted by molar-refractivity contribution is 5.80. The van der Waals surface area contributed by atoms with Gasteiger partial charge in [-0.2, -0.15) is 0 Å². The van der Waals surface area contributed by atoms with Crippen LogP contribution in [0.4, 0.5) is 0 Å². The molecule has 1 aromatic heterocycles. The molecule has 19 heavy (non-hydrogen) atoms. The molecule has 4 heteroatoms. The summed E-state index contributed by atoms with van der Waals surface area (Å²) in [6.45, 7) is 1.94. The van der Waals surface area contributed by atoms with Crippen LogP contribution in [-0.4, -0.2) is 19.4 Å². The fraction of sp³-hybridized carbons (Fsp3) is 0.267. The van der Waals surface area contributed by atoms with Crippen molar-refractivity contribution in [3.63, 3.8) is 0 Å². The minimum Gasteiger partial charge on any atom is -0.490 e. The highest BCUT2D eigenvalue weighted by Crippen LogP contribution is 2.29. The highest BCUT2D eigenvalue weighted by Gasteiger charge is 2.09. The molecule has 98 valence electrons. The van der Waals surface area contributed by atoms with Crippen molar-refractivity contribution in [3.8, 4) is 11.5 Å². The van der Waals surface area contributed by atoms with Gasteiger partial charge in [0.25, 0.3) is 0 Å². The van der Waals surface area contributed by atoms with Crippen LogP contribution in [0.3, 0.4) is 0 Å². The summed E-state index contributed by atoms with van der Waals surface area (Å²) >= 11 is 0. The molecule has 0 aliphatic carbocycles. The molecular weight excluding hydrogens is 242 g/mol. The summed E-state index contributed by atoms with van der Waals surface area (Å²) < 4.78 is 16.4. The number of ether oxygens (including phenoxy) is 2. The Morgan fingerprint density at radius 1 is 1.11 bits per heavy atom. The molecule has 2 aromatic rings. The van der Waals surface area contributed by atoms with Gasteiger partial charge in [-0.3, -0.25) is 4.99 Å². The maximum Gasteiger partial charge on any atom is 0.161 e. The van der Waals surface area contributed by atoms with E-state index in [2.05, 4.69) is 4.99 Å². The van der Waals surface area contributed by atoms with Crippen molar-refractivity contribution in [3.05, 3.63) is 47.9 Å². The van der Waals surface area contributed by atoms with Crippen molar-refractivity contribution in [2.75, 3.05) is 13.2 Å². The van der Waals surface area contributed by atoms with Crippen LogP contribution in [0.5, 0.6) is 11.5 Å². The number of furan rings is 1. The summed E-state index contributed by atoms with van der Waals surface area (Å²) in [6, 6.07) is 9.62. The molecule has 0 bridgehead atoms. The fourth-order valence-electron chi connectivity index (χ4n) is 1.90. The Bertz CT molecular complexity index is 561. The van der Waals surface area contributed by atoms with Gasteiger partial charge >= 0.3 is 0 Å². The van der Waals surface area contributed by atoms with E-state index in [0.717, 1.165) is 29.2 Å². The summed E-state index contributed by atoms with van der Waals surface area (Å²) in [4.78, 5) is 4.34. The fourth-order valence-corrected chi connectivity index (χ4v) is 1.90. The van der Waals surface area contributed by atoms with E-state index in [4.69, 9.17) is 13.9 Å². The first-order valence-corrected chi connectivity index (χ1v) is 6.34. The standard InChI is InChI=1S/C15H15NO3/c1-3-13(17-6-1)11-16-10-12-4-5-14-15(9-12)19-8-2-7-18-14/h1,3-6,9-10H,2,7-8,11H2. The van der Waals surface area contributed by atoms with E-state index in [9.17, 15) is 0 Å². The minimum absolute atomic E-state index is 0.543. The zero-order valence-electron chi connectivity index (χ0n) is 10.5. The van der Waals surface area contributed by atoms with E-state index < -0.39 is 0 Å². The molecule has 0 fully saturated rings. The highest BCUT2D eigenvalue weighted by atomic mass is 16.5. The number of fused-ring (bicyclic) bond motifs is 1. The zero-order chi connectivity index (χ0) is 12.9.